The second-order valence-corrected chi connectivity index (χ2v) is 6.28. The lowest BCUT2D eigenvalue weighted by molar-refractivity contribution is 0.0285. The lowest BCUT2D eigenvalue weighted by Crippen LogP contribution is -2.27. The highest BCUT2D eigenvalue weighted by molar-refractivity contribution is 5.79. The molecule has 0 spiro atoms. The third kappa shape index (κ3) is 2.88. The number of anilines is 1. The van der Waals surface area contributed by atoms with E-state index in [1.807, 2.05) is 18.2 Å². The molecule has 1 aromatic heterocycles. The summed E-state index contributed by atoms with van der Waals surface area (Å²) < 4.78 is 7.69. The van der Waals surface area contributed by atoms with Gasteiger partial charge >= 0.3 is 0 Å². The normalized spacial score (nSPS) is 15.8. The van der Waals surface area contributed by atoms with Crippen molar-refractivity contribution < 1.29 is 9.84 Å². The summed E-state index contributed by atoms with van der Waals surface area (Å²) in [4.78, 5) is 4.38. The van der Waals surface area contributed by atoms with E-state index in [4.69, 9.17) is 10.5 Å². The van der Waals surface area contributed by atoms with Crippen LogP contribution in [-0.4, -0.2) is 26.9 Å². The molecule has 0 radical (unpaired) electrons. The van der Waals surface area contributed by atoms with E-state index in [0.717, 1.165) is 29.2 Å². The third-order valence-electron chi connectivity index (χ3n) is 3.48. The van der Waals surface area contributed by atoms with Gasteiger partial charge < -0.3 is 20.1 Å². The molecule has 5 nitrogen and oxygen atoms in total. The highest BCUT2D eigenvalue weighted by Crippen LogP contribution is 2.33. The van der Waals surface area contributed by atoms with Crippen LogP contribution in [0.5, 0.6) is 5.75 Å². The maximum Gasteiger partial charge on any atom is 0.201 e. The number of rotatable bonds is 5. The molecule has 20 heavy (non-hydrogen) atoms. The van der Waals surface area contributed by atoms with Crippen LogP contribution in [0.15, 0.2) is 18.2 Å². The van der Waals surface area contributed by atoms with Crippen molar-refractivity contribution >= 4 is 17.0 Å². The summed E-state index contributed by atoms with van der Waals surface area (Å²) in [5, 5.41) is 9.72. The first-order chi connectivity index (χ1) is 9.42. The van der Waals surface area contributed by atoms with Gasteiger partial charge in [0.05, 0.1) is 16.6 Å². The van der Waals surface area contributed by atoms with Crippen molar-refractivity contribution in [1.82, 2.24) is 9.55 Å². The topological polar surface area (TPSA) is 73.3 Å². The van der Waals surface area contributed by atoms with Crippen LogP contribution in [0.2, 0.25) is 0 Å². The van der Waals surface area contributed by atoms with Crippen molar-refractivity contribution in [1.29, 1.82) is 0 Å². The van der Waals surface area contributed by atoms with Gasteiger partial charge in [0, 0.05) is 12.6 Å². The van der Waals surface area contributed by atoms with Gasteiger partial charge in [-0.15, -0.1) is 0 Å². The quantitative estimate of drug-likeness (QED) is 0.877. The maximum atomic E-state index is 9.72. The Morgan fingerprint density at radius 3 is 2.85 bits per heavy atom. The third-order valence-corrected chi connectivity index (χ3v) is 3.48. The number of imidazole rings is 1. The van der Waals surface area contributed by atoms with E-state index in [1.54, 1.807) is 13.8 Å². The molecule has 1 aromatic carbocycles. The Hall–Kier alpha value is -1.75. The molecule has 1 heterocycles. The van der Waals surface area contributed by atoms with Crippen LogP contribution in [0.25, 0.3) is 11.0 Å². The minimum atomic E-state index is -0.845. The van der Waals surface area contributed by atoms with E-state index in [9.17, 15) is 5.11 Å². The Balaban J connectivity index is 1.88. The number of nitrogen functional groups attached to an aromatic ring is 1. The summed E-state index contributed by atoms with van der Waals surface area (Å²) in [6, 6.07) is 5.73. The molecule has 1 fully saturated rings. The van der Waals surface area contributed by atoms with Crippen LogP contribution in [0.1, 0.15) is 26.7 Å². The van der Waals surface area contributed by atoms with Gasteiger partial charge in [0.2, 0.25) is 5.95 Å². The lowest BCUT2D eigenvalue weighted by Gasteiger charge is -2.17. The molecular formula is C15H21N3O2. The van der Waals surface area contributed by atoms with Crippen LogP contribution in [0, 0.1) is 5.92 Å². The SMILES string of the molecule is CC(C)(O)COc1ccc2nc(N)n(CC3CC3)c2c1. The van der Waals surface area contributed by atoms with Crippen molar-refractivity contribution in [2.45, 2.75) is 38.8 Å². The molecule has 3 rings (SSSR count). The molecule has 2 aromatic rings. The number of hydrogen-bond acceptors (Lipinski definition) is 4. The van der Waals surface area contributed by atoms with Gasteiger partial charge in [-0.3, -0.25) is 0 Å². The van der Waals surface area contributed by atoms with E-state index < -0.39 is 5.60 Å². The second kappa shape index (κ2) is 4.66. The molecule has 108 valence electrons. The number of nitrogens with two attached hydrogens (primary N) is 1. The number of aromatic nitrogens is 2. The Kier molecular flexibility index (Phi) is 3.09. The van der Waals surface area contributed by atoms with E-state index in [-0.39, 0.29) is 6.61 Å². The van der Waals surface area contributed by atoms with E-state index >= 15 is 0 Å². The van der Waals surface area contributed by atoms with Crippen molar-refractivity contribution in [2.75, 3.05) is 12.3 Å². The second-order valence-electron chi connectivity index (χ2n) is 6.28. The Bertz CT molecular complexity index is 624. The summed E-state index contributed by atoms with van der Waals surface area (Å²) in [7, 11) is 0. The van der Waals surface area contributed by atoms with Crippen LogP contribution in [0.3, 0.4) is 0 Å². The fraction of sp³-hybridized carbons (Fsp3) is 0.533. The molecule has 0 atom stereocenters. The maximum absolute atomic E-state index is 9.72. The molecule has 1 aliphatic carbocycles. The first-order valence-corrected chi connectivity index (χ1v) is 7.03. The fourth-order valence-corrected chi connectivity index (χ4v) is 2.22. The number of hydrogen-bond donors (Lipinski definition) is 2. The summed E-state index contributed by atoms with van der Waals surface area (Å²) >= 11 is 0. The van der Waals surface area contributed by atoms with Gasteiger partial charge in [0.25, 0.3) is 0 Å². The molecule has 0 amide bonds. The zero-order valence-corrected chi connectivity index (χ0v) is 12.0. The predicted octanol–water partition coefficient (Wildman–Crippen LogP) is 2.18. The molecular weight excluding hydrogens is 254 g/mol. The summed E-state index contributed by atoms with van der Waals surface area (Å²) in [5.74, 6) is 2.03. The highest BCUT2D eigenvalue weighted by Gasteiger charge is 2.24. The molecule has 1 aliphatic rings. The first kappa shape index (κ1) is 13.2. The highest BCUT2D eigenvalue weighted by atomic mass is 16.5. The smallest absolute Gasteiger partial charge is 0.201 e. The van der Waals surface area contributed by atoms with Crippen LogP contribution < -0.4 is 10.5 Å². The molecule has 0 saturated heterocycles. The van der Waals surface area contributed by atoms with Gasteiger partial charge in [-0.2, -0.15) is 0 Å². The summed E-state index contributed by atoms with van der Waals surface area (Å²) in [6.07, 6.45) is 2.54. The van der Waals surface area contributed by atoms with Gasteiger partial charge in [0.15, 0.2) is 0 Å². The van der Waals surface area contributed by atoms with Crippen LogP contribution in [0.4, 0.5) is 5.95 Å². The lowest BCUT2D eigenvalue weighted by atomic mass is 10.2. The number of ether oxygens (including phenoxy) is 1. The molecule has 0 aliphatic heterocycles. The Labute approximate surface area is 118 Å². The van der Waals surface area contributed by atoms with E-state index in [2.05, 4.69) is 9.55 Å². The standard InChI is InChI=1S/C15H21N3O2/c1-15(2,19)9-20-11-5-6-12-13(7-11)18(14(16)17-12)8-10-3-4-10/h5-7,10,19H,3-4,8-9H2,1-2H3,(H2,16,17). The zero-order valence-electron chi connectivity index (χ0n) is 12.0. The molecule has 5 heteroatoms. The van der Waals surface area contributed by atoms with Crippen molar-refractivity contribution in [3.63, 3.8) is 0 Å². The molecule has 0 bridgehead atoms. The van der Waals surface area contributed by atoms with Gasteiger partial charge in [-0.25, -0.2) is 4.98 Å². The van der Waals surface area contributed by atoms with E-state index in [0.29, 0.717) is 5.95 Å². The van der Waals surface area contributed by atoms with E-state index in [1.165, 1.54) is 12.8 Å². The van der Waals surface area contributed by atoms with Crippen LogP contribution >= 0.6 is 0 Å². The van der Waals surface area contributed by atoms with Gasteiger partial charge in [-0.1, -0.05) is 0 Å². The predicted molar refractivity (Wildman–Crippen MR) is 78.7 cm³/mol. The number of benzene rings is 1. The zero-order chi connectivity index (χ0) is 14.3. The van der Waals surface area contributed by atoms with Crippen LogP contribution in [-0.2, 0) is 6.54 Å². The van der Waals surface area contributed by atoms with Crippen molar-refractivity contribution in [3.8, 4) is 5.75 Å². The number of fused-ring (bicyclic) bond motifs is 1. The summed E-state index contributed by atoms with van der Waals surface area (Å²) in [6.45, 7) is 4.63. The number of aliphatic hydroxyl groups is 1. The first-order valence-electron chi connectivity index (χ1n) is 7.03. The fourth-order valence-electron chi connectivity index (χ4n) is 2.22. The average molecular weight is 275 g/mol. The molecule has 0 unspecified atom stereocenters. The molecule has 1 saturated carbocycles. The van der Waals surface area contributed by atoms with Crippen molar-refractivity contribution in [3.05, 3.63) is 18.2 Å². The Morgan fingerprint density at radius 2 is 2.20 bits per heavy atom. The minimum absolute atomic E-state index is 0.255. The minimum Gasteiger partial charge on any atom is -0.491 e. The largest absolute Gasteiger partial charge is 0.491 e. The average Bonchev–Trinajstić information content (AvgIpc) is 3.12. The Morgan fingerprint density at radius 1 is 1.45 bits per heavy atom. The van der Waals surface area contributed by atoms with Gasteiger partial charge in [-0.05, 0) is 44.7 Å². The van der Waals surface area contributed by atoms with Crippen molar-refractivity contribution in [2.24, 2.45) is 5.92 Å². The summed E-state index contributed by atoms with van der Waals surface area (Å²) in [5.41, 5.74) is 7.04. The molecule has 3 N–H and O–H groups in total. The van der Waals surface area contributed by atoms with Gasteiger partial charge in [0.1, 0.15) is 12.4 Å². The number of nitrogens with zero attached hydrogens (tertiary/aromatic N) is 2. The monoisotopic (exact) mass is 275 g/mol.